The van der Waals surface area contributed by atoms with E-state index in [1.807, 2.05) is 0 Å². The second-order valence-electron chi connectivity index (χ2n) is 4.84. The molecule has 21 heavy (non-hydrogen) atoms. The van der Waals surface area contributed by atoms with Crippen molar-refractivity contribution in [3.63, 3.8) is 0 Å². The predicted molar refractivity (Wildman–Crippen MR) is 84.0 cm³/mol. The van der Waals surface area contributed by atoms with Crippen LogP contribution in [0, 0.1) is 32.4 Å². The van der Waals surface area contributed by atoms with Crippen LogP contribution < -0.4 is 11.1 Å². The van der Waals surface area contributed by atoms with Crippen LogP contribution in [0.15, 0.2) is 18.2 Å². The zero-order chi connectivity index (χ0) is 15.7. The molecule has 2 rings (SSSR count). The number of aryl methyl sites for hydroxylation is 3. The van der Waals surface area contributed by atoms with E-state index in [2.05, 4.69) is 10.3 Å². The molecule has 3 N–H and O–H groups in total. The minimum Gasteiger partial charge on any atom is -0.389 e. The Morgan fingerprint density at radius 2 is 1.76 bits per heavy atom. The Kier molecular flexibility index (Phi) is 4.18. The van der Waals surface area contributed by atoms with E-state index in [0.29, 0.717) is 16.9 Å². The van der Waals surface area contributed by atoms with Crippen LogP contribution in [0.4, 0.5) is 20.2 Å². The van der Waals surface area contributed by atoms with Crippen molar-refractivity contribution >= 4 is 28.6 Å². The summed E-state index contributed by atoms with van der Waals surface area (Å²) in [5.41, 5.74) is 8.36. The lowest BCUT2D eigenvalue weighted by Crippen LogP contribution is -2.15. The molecular weight excluding hydrogens is 292 g/mol. The van der Waals surface area contributed by atoms with Gasteiger partial charge < -0.3 is 11.1 Å². The smallest absolute Gasteiger partial charge is 0.147 e. The first-order valence-corrected chi connectivity index (χ1v) is 6.71. The van der Waals surface area contributed by atoms with Gasteiger partial charge in [0.25, 0.3) is 0 Å². The first kappa shape index (κ1) is 15.3. The van der Waals surface area contributed by atoms with Gasteiger partial charge in [0.05, 0.1) is 16.9 Å². The second kappa shape index (κ2) is 5.73. The summed E-state index contributed by atoms with van der Waals surface area (Å²) < 4.78 is 27.6. The highest BCUT2D eigenvalue weighted by atomic mass is 32.1. The summed E-state index contributed by atoms with van der Waals surface area (Å²) in [5, 5.41) is 2.85. The van der Waals surface area contributed by atoms with E-state index < -0.39 is 11.6 Å². The number of aromatic nitrogens is 1. The number of rotatable bonds is 3. The Morgan fingerprint density at radius 1 is 1.10 bits per heavy atom. The van der Waals surface area contributed by atoms with Crippen molar-refractivity contribution < 1.29 is 8.78 Å². The molecule has 2 aromatic rings. The monoisotopic (exact) mass is 307 g/mol. The molecule has 1 aromatic heterocycles. The van der Waals surface area contributed by atoms with E-state index in [4.69, 9.17) is 18.0 Å². The summed E-state index contributed by atoms with van der Waals surface area (Å²) in [4.78, 5) is 4.42. The minimum atomic E-state index is -0.546. The van der Waals surface area contributed by atoms with Crippen LogP contribution in [-0.4, -0.2) is 9.97 Å². The van der Waals surface area contributed by atoms with Crippen molar-refractivity contribution in [1.82, 2.24) is 4.98 Å². The molecule has 0 saturated heterocycles. The summed E-state index contributed by atoms with van der Waals surface area (Å²) in [6.45, 7) is 5.07. The molecule has 0 bridgehead atoms. The molecule has 6 heteroatoms. The van der Waals surface area contributed by atoms with Gasteiger partial charge in [-0.05, 0) is 38.5 Å². The molecule has 0 amide bonds. The third-order valence-electron chi connectivity index (χ3n) is 3.09. The van der Waals surface area contributed by atoms with Gasteiger partial charge in [-0.2, -0.15) is 0 Å². The molecule has 0 atom stereocenters. The molecule has 1 aromatic carbocycles. The van der Waals surface area contributed by atoms with Gasteiger partial charge >= 0.3 is 0 Å². The predicted octanol–water partition coefficient (Wildman–Crippen LogP) is 3.66. The highest BCUT2D eigenvalue weighted by molar-refractivity contribution is 7.80. The Hall–Kier alpha value is -2.08. The lowest BCUT2D eigenvalue weighted by molar-refractivity contribution is 0.595. The Bertz CT molecular complexity index is 729. The average molecular weight is 307 g/mol. The first-order chi connectivity index (χ1) is 9.79. The molecule has 0 aliphatic rings. The van der Waals surface area contributed by atoms with Crippen LogP contribution in [-0.2, 0) is 0 Å². The number of nitrogens with one attached hydrogen (secondary N) is 1. The molecule has 0 spiro atoms. The first-order valence-electron chi connectivity index (χ1n) is 6.30. The number of nitrogens with zero attached hydrogens (tertiary/aromatic N) is 1. The molecule has 110 valence electrons. The number of hydrogen-bond donors (Lipinski definition) is 2. The molecule has 0 saturated carbocycles. The summed E-state index contributed by atoms with van der Waals surface area (Å²) in [5.74, 6) is -1.03. The Labute approximate surface area is 127 Å². The summed E-state index contributed by atoms with van der Waals surface area (Å²) in [7, 11) is 0. The second-order valence-corrected chi connectivity index (χ2v) is 5.28. The number of nitrogens with two attached hydrogens (primary N) is 1. The van der Waals surface area contributed by atoms with Crippen LogP contribution >= 0.6 is 12.2 Å². The lowest BCUT2D eigenvalue weighted by Gasteiger charge is -2.15. The van der Waals surface area contributed by atoms with E-state index in [1.54, 1.807) is 19.9 Å². The fourth-order valence-corrected chi connectivity index (χ4v) is 2.38. The molecular formula is C15H15F2N3S. The summed E-state index contributed by atoms with van der Waals surface area (Å²) in [6.07, 6.45) is 0. The van der Waals surface area contributed by atoms with Crippen molar-refractivity contribution in [2.45, 2.75) is 20.8 Å². The van der Waals surface area contributed by atoms with Crippen LogP contribution in [0.1, 0.15) is 22.5 Å². The van der Waals surface area contributed by atoms with Gasteiger partial charge in [0.2, 0.25) is 0 Å². The van der Waals surface area contributed by atoms with Gasteiger partial charge in [-0.25, -0.2) is 8.78 Å². The third kappa shape index (κ3) is 3.16. The van der Waals surface area contributed by atoms with Crippen LogP contribution in [0.25, 0.3) is 0 Å². The fraction of sp³-hybridized carbons (Fsp3) is 0.200. The van der Waals surface area contributed by atoms with Crippen molar-refractivity contribution in [3.8, 4) is 0 Å². The van der Waals surface area contributed by atoms with Gasteiger partial charge in [-0.1, -0.05) is 12.2 Å². The number of halogens is 2. The van der Waals surface area contributed by atoms with E-state index in [1.165, 1.54) is 6.92 Å². The number of benzene rings is 1. The van der Waals surface area contributed by atoms with Crippen molar-refractivity contribution in [1.29, 1.82) is 0 Å². The number of pyridine rings is 1. The van der Waals surface area contributed by atoms with Crippen molar-refractivity contribution in [2.24, 2.45) is 5.73 Å². The van der Waals surface area contributed by atoms with Crippen LogP contribution in [0.3, 0.4) is 0 Å². The molecule has 1 heterocycles. The fourth-order valence-electron chi connectivity index (χ4n) is 2.13. The molecule has 0 aliphatic carbocycles. The quantitative estimate of drug-likeness (QED) is 0.850. The maximum absolute atomic E-state index is 13.9. The molecule has 0 unspecified atom stereocenters. The van der Waals surface area contributed by atoms with E-state index in [9.17, 15) is 8.78 Å². The van der Waals surface area contributed by atoms with E-state index in [-0.39, 0.29) is 16.2 Å². The molecule has 0 aliphatic heterocycles. The normalized spacial score (nSPS) is 10.5. The number of hydrogen-bond acceptors (Lipinski definition) is 3. The molecule has 0 radical (unpaired) electrons. The third-order valence-corrected chi connectivity index (χ3v) is 3.30. The number of thiocarbonyl (C=S) groups is 1. The topological polar surface area (TPSA) is 50.9 Å². The maximum atomic E-state index is 13.9. The van der Waals surface area contributed by atoms with E-state index >= 15 is 0 Å². The maximum Gasteiger partial charge on any atom is 0.147 e. The SMILES string of the molecule is Cc1cc(Nc2cc(F)c(C)cc2F)c(C(N)=S)c(C)n1. The molecule has 3 nitrogen and oxygen atoms in total. The van der Waals surface area contributed by atoms with Gasteiger partial charge in [-0.15, -0.1) is 0 Å². The van der Waals surface area contributed by atoms with Gasteiger partial charge in [0, 0.05) is 17.5 Å². The Morgan fingerprint density at radius 3 is 2.38 bits per heavy atom. The number of anilines is 2. The zero-order valence-corrected chi connectivity index (χ0v) is 12.7. The van der Waals surface area contributed by atoms with Gasteiger partial charge in [0.15, 0.2) is 0 Å². The average Bonchev–Trinajstić information content (AvgIpc) is 2.34. The largest absolute Gasteiger partial charge is 0.389 e. The Balaban J connectivity index is 2.54. The highest BCUT2D eigenvalue weighted by Gasteiger charge is 2.14. The highest BCUT2D eigenvalue weighted by Crippen LogP contribution is 2.27. The standard InChI is InChI=1S/C15H15F2N3S/c1-7-4-11(17)12(6-10(7)16)20-13-5-8(2)19-9(3)14(13)15(18)21/h4-6H,1-3H3,(H2,18,21)(H,19,20). The van der Waals surface area contributed by atoms with Crippen molar-refractivity contribution in [3.05, 3.63) is 52.3 Å². The minimum absolute atomic E-state index is 0.0283. The zero-order valence-electron chi connectivity index (χ0n) is 11.9. The lowest BCUT2D eigenvalue weighted by atomic mass is 10.1. The van der Waals surface area contributed by atoms with E-state index in [0.717, 1.165) is 17.8 Å². The summed E-state index contributed by atoms with van der Waals surface area (Å²) in [6, 6.07) is 3.94. The van der Waals surface area contributed by atoms with Gasteiger partial charge in [-0.3, -0.25) is 4.98 Å². The molecule has 0 fully saturated rings. The van der Waals surface area contributed by atoms with Crippen molar-refractivity contribution in [2.75, 3.05) is 5.32 Å². The van der Waals surface area contributed by atoms with Gasteiger partial charge in [0.1, 0.15) is 16.6 Å². The van der Waals surface area contributed by atoms with Crippen LogP contribution in [0.2, 0.25) is 0 Å². The summed E-state index contributed by atoms with van der Waals surface area (Å²) >= 11 is 5.01. The van der Waals surface area contributed by atoms with Crippen LogP contribution in [0.5, 0.6) is 0 Å².